The van der Waals surface area contributed by atoms with Crippen molar-refractivity contribution in [2.75, 3.05) is 52.9 Å². The van der Waals surface area contributed by atoms with E-state index in [9.17, 15) is 0 Å². The second kappa shape index (κ2) is 9.72. The molecule has 0 aromatic carbocycles. The van der Waals surface area contributed by atoms with Gasteiger partial charge in [0.1, 0.15) is 0 Å². The molecule has 25 heavy (non-hydrogen) atoms. The molecule has 1 N–H and O–H groups in total. The van der Waals surface area contributed by atoms with E-state index in [4.69, 9.17) is 9.73 Å². The van der Waals surface area contributed by atoms with Crippen LogP contribution in [0, 0.1) is 0 Å². The minimum absolute atomic E-state index is 0. The van der Waals surface area contributed by atoms with Crippen molar-refractivity contribution in [2.24, 2.45) is 12.0 Å². The van der Waals surface area contributed by atoms with E-state index in [0.29, 0.717) is 5.92 Å². The van der Waals surface area contributed by atoms with Crippen molar-refractivity contribution in [3.8, 4) is 0 Å². The summed E-state index contributed by atoms with van der Waals surface area (Å²) < 4.78 is 7.71. The molecule has 7 nitrogen and oxygen atoms in total. The fourth-order valence-electron chi connectivity index (χ4n) is 3.47. The molecular formula is C17H31IN6O. The summed E-state index contributed by atoms with van der Waals surface area (Å²) in [7, 11) is 4.12. The number of hydrogen-bond donors (Lipinski definition) is 1. The zero-order valence-electron chi connectivity index (χ0n) is 15.5. The molecule has 0 aliphatic carbocycles. The van der Waals surface area contributed by atoms with Crippen LogP contribution in [-0.4, -0.2) is 84.6 Å². The molecule has 0 amide bonds. The Labute approximate surface area is 167 Å². The van der Waals surface area contributed by atoms with Gasteiger partial charge in [-0.15, -0.1) is 24.0 Å². The summed E-state index contributed by atoms with van der Waals surface area (Å²) in [6.45, 7) is 8.55. The maximum atomic E-state index is 5.83. The smallest absolute Gasteiger partial charge is 0.194 e. The van der Waals surface area contributed by atoms with Gasteiger partial charge in [0.15, 0.2) is 5.96 Å². The summed E-state index contributed by atoms with van der Waals surface area (Å²) in [5.74, 6) is 1.56. The quantitative estimate of drug-likeness (QED) is 0.413. The van der Waals surface area contributed by atoms with E-state index in [1.54, 1.807) is 0 Å². The first-order valence-corrected chi connectivity index (χ1v) is 8.97. The molecule has 2 aliphatic heterocycles. The predicted molar refractivity (Wildman–Crippen MR) is 111 cm³/mol. The van der Waals surface area contributed by atoms with Gasteiger partial charge in [0.2, 0.25) is 0 Å². The zero-order chi connectivity index (χ0) is 16.9. The molecule has 3 heterocycles. The minimum atomic E-state index is 0. The van der Waals surface area contributed by atoms with Gasteiger partial charge >= 0.3 is 0 Å². The van der Waals surface area contributed by atoms with E-state index in [0.717, 1.165) is 58.3 Å². The van der Waals surface area contributed by atoms with Gasteiger partial charge in [-0.05, 0) is 26.0 Å². The number of rotatable bonds is 4. The lowest BCUT2D eigenvalue weighted by Crippen LogP contribution is -2.43. The third-order valence-corrected chi connectivity index (χ3v) is 4.81. The van der Waals surface area contributed by atoms with E-state index in [2.05, 4.69) is 40.4 Å². The highest BCUT2D eigenvalue weighted by atomic mass is 127. The fraction of sp³-hybridized carbons (Fsp3) is 0.765. The molecule has 1 aromatic rings. The first kappa shape index (κ1) is 20.4. The molecule has 142 valence electrons. The van der Waals surface area contributed by atoms with E-state index < -0.39 is 0 Å². The molecule has 2 aliphatic rings. The van der Waals surface area contributed by atoms with Crippen LogP contribution in [0.25, 0.3) is 0 Å². The summed E-state index contributed by atoms with van der Waals surface area (Å²) in [6.07, 6.45) is 5.47. The van der Waals surface area contributed by atoms with Crippen LogP contribution in [0.4, 0.5) is 0 Å². The standard InChI is InChI=1S/C17H30N6O.HI/c1-4-18-17(19-10-16-13-21(2)7-8-24-16)23-6-5-14(12-23)15-9-20-22(3)11-15;/h9,11,14,16H,4-8,10,12-13H2,1-3H3,(H,18,19);1H. The SMILES string of the molecule is CCNC(=NCC1CN(C)CCO1)N1CCC(c2cnn(C)c2)C1.I. The molecular weight excluding hydrogens is 431 g/mol. The maximum Gasteiger partial charge on any atom is 0.194 e. The Bertz CT molecular complexity index is 563. The van der Waals surface area contributed by atoms with Gasteiger partial charge in [0, 0.05) is 51.9 Å². The molecule has 2 unspecified atom stereocenters. The number of aliphatic imine (C=N–C) groups is 1. The second-order valence-electron chi connectivity index (χ2n) is 6.83. The highest BCUT2D eigenvalue weighted by Gasteiger charge is 2.27. The molecule has 0 saturated carbocycles. The largest absolute Gasteiger partial charge is 0.374 e. The van der Waals surface area contributed by atoms with Gasteiger partial charge in [-0.2, -0.15) is 5.10 Å². The van der Waals surface area contributed by atoms with Crippen LogP contribution in [0.3, 0.4) is 0 Å². The van der Waals surface area contributed by atoms with Crippen molar-refractivity contribution in [2.45, 2.75) is 25.4 Å². The number of aromatic nitrogens is 2. The second-order valence-corrected chi connectivity index (χ2v) is 6.83. The molecule has 2 fully saturated rings. The highest BCUT2D eigenvalue weighted by molar-refractivity contribution is 14.0. The maximum absolute atomic E-state index is 5.83. The van der Waals surface area contributed by atoms with Gasteiger partial charge < -0.3 is 19.9 Å². The van der Waals surface area contributed by atoms with E-state index >= 15 is 0 Å². The van der Waals surface area contributed by atoms with Gasteiger partial charge in [0.05, 0.1) is 25.5 Å². The zero-order valence-corrected chi connectivity index (χ0v) is 17.8. The van der Waals surface area contributed by atoms with Gasteiger partial charge in [0.25, 0.3) is 0 Å². The average molecular weight is 462 g/mol. The van der Waals surface area contributed by atoms with Crippen molar-refractivity contribution in [1.29, 1.82) is 0 Å². The molecule has 2 saturated heterocycles. The lowest BCUT2D eigenvalue weighted by Gasteiger charge is -2.29. The van der Waals surface area contributed by atoms with Crippen LogP contribution < -0.4 is 5.32 Å². The Morgan fingerprint density at radius 2 is 2.20 bits per heavy atom. The summed E-state index contributed by atoms with van der Waals surface area (Å²) >= 11 is 0. The van der Waals surface area contributed by atoms with Crippen LogP contribution in [0.5, 0.6) is 0 Å². The van der Waals surface area contributed by atoms with Crippen LogP contribution >= 0.6 is 24.0 Å². The summed E-state index contributed by atoms with van der Waals surface area (Å²) in [5, 5.41) is 7.74. The number of aryl methyl sites for hydroxylation is 1. The van der Waals surface area contributed by atoms with Crippen molar-refractivity contribution in [3.05, 3.63) is 18.0 Å². The number of nitrogens with one attached hydrogen (secondary N) is 1. The Morgan fingerprint density at radius 3 is 2.88 bits per heavy atom. The Kier molecular flexibility index (Phi) is 7.95. The molecule has 8 heteroatoms. The first-order chi connectivity index (χ1) is 11.7. The number of guanidine groups is 1. The number of ether oxygens (including phenoxy) is 1. The molecule has 0 spiro atoms. The van der Waals surface area contributed by atoms with Crippen molar-refractivity contribution in [3.63, 3.8) is 0 Å². The number of halogens is 1. The number of hydrogen-bond acceptors (Lipinski definition) is 4. The van der Waals surface area contributed by atoms with Crippen molar-refractivity contribution in [1.82, 2.24) is 24.9 Å². The normalized spacial score (nSPS) is 25.1. The number of likely N-dealkylation sites (tertiary alicyclic amines) is 1. The van der Waals surface area contributed by atoms with Crippen LogP contribution in [0.2, 0.25) is 0 Å². The predicted octanol–water partition coefficient (Wildman–Crippen LogP) is 1.12. The number of morpholine rings is 1. The van der Waals surface area contributed by atoms with Gasteiger partial charge in [-0.1, -0.05) is 0 Å². The summed E-state index contributed by atoms with van der Waals surface area (Å²) in [4.78, 5) is 9.53. The third-order valence-electron chi connectivity index (χ3n) is 4.81. The number of likely N-dealkylation sites (N-methyl/N-ethyl adjacent to an activating group) is 1. The molecule has 3 rings (SSSR count). The van der Waals surface area contributed by atoms with Crippen molar-refractivity contribution < 1.29 is 4.74 Å². The Hall–Kier alpha value is -0.870. The van der Waals surface area contributed by atoms with E-state index in [-0.39, 0.29) is 30.1 Å². The van der Waals surface area contributed by atoms with Gasteiger partial charge in [-0.3, -0.25) is 9.67 Å². The monoisotopic (exact) mass is 462 g/mol. The average Bonchev–Trinajstić information content (AvgIpc) is 3.20. The molecule has 2 atom stereocenters. The molecule has 0 radical (unpaired) electrons. The lowest BCUT2D eigenvalue weighted by atomic mass is 10.0. The van der Waals surface area contributed by atoms with Crippen LogP contribution in [0.15, 0.2) is 17.4 Å². The summed E-state index contributed by atoms with van der Waals surface area (Å²) in [6, 6.07) is 0. The van der Waals surface area contributed by atoms with Crippen molar-refractivity contribution >= 4 is 29.9 Å². The topological polar surface area (TPSA) is 57.9 Å². The minimum Gasteiger partial charge on any atom is -0.374 e. The van der Waals surface area contributed by atoms with Crippen LogP contribution in [0.1, 0.15) is 24.8 Å². The summed E-state index contributed by atoms with van der Waals surface area (Å²) in [5.41, 5.74) is 1.33. The Balaban J connectivity index is 0.00000225. The molecule has 0 bridgehead atoms. The first-order valence-electron chi connectivity index (χ1n) is 8.97. The van der Waals surface area contributed by atoms with E-state index in [1.807, 2.05) is 17.9 Å². The lowest BCUT2D eigenvalue weighted by molar-refractivity contribution is -0.0137. The number of nitrogens with zero attached hydrogens (tertiary/aromatic N) is 5. The van der Waals surface area contributed by atoms with E-state index in [1.165, 1.54) is 5.56 Å². The highest BCUT2D eigenvalue weighted by Crippen LogP contribution is 2.26. The van der Waals surface area contributed by atoms with Gasteiger partial charge in [-0.25, -0.2) is 0 Å². The molecule has 1 aromatic heterocycles. The van der Waals surface area contributed by atoms with Crippen LogP contribution in [-0.2, 0) is 11.8 Å². The fourth-order valence-corrected chi connectivity index (χ4v) is 3.47. The third kappa shape index (κ3) is 5.55. The Morgan fingerprint density at radius 1 is 1.36 bits per heavy atom.